The number of hydrogen-bond donors (Lipinski definition) is 0. The molecule has 0 heteroatoms. The largest absolute Gasteiger partial charge is 0.0622 e. The van der Waals surface area contributed by atoms with Gasteiger partial charge in [-0.25, -0.2) is 0 Å². The van der Waals surface area contributed by atoms with Gasteiger partial charge >= 0.3 is 0 Å². The van der Waals surface area contributed by atoms with Crippen LogP contribution in [0.15, 0.2) is 103 Å². The van der Waals surface area contributed by atoms with Gasteiger partial charge in [-0.05, 0) is 33.9 Å². The third-order valence-corrected chi connectivity index (χ3v) is 4.66. The Hall–Kier alpha value is -2.86. The van der Waals surface area contributed by atoms with E-state index in [9.17, 15) is 0 Å². The third-order valence-electron chi connectivity index (χ3n) is 4.66. The summed E-state index contributed by atoms with van der Waals surface area (Å²) >= 11 is 0. The maximum absolute atomic E-state index is 2.34. The lowest BCUT2D eigenvalue weighted by Gasteiger charge is -2.19. The third kappa shape index (κ3) is 3.09. The lowest BCUT2D eigenvalue weighted by atomic mass is 9.85. The molecule has 0 nitrogen and oxygen atoms in total. The summed E-state index contributed by atoms with van der Waals surface area (Å²) in [6, 6.07) is 37.0. The summed E-state index contributed by atoms with van der Waals surface area (Å²) in [5.41, 5.74) is 4.12. The van der Waals surface area contributed by atoms with Crippen LogP contribution in [-0.2, 0) is 6.42 Å². The predicted octanol–water partition coefficient (Wildman–Crippen LogP) is 6.21. The Morgan fingerprint density at radius 3 is 1.88 bits per heavy atom. The van der Waals surface area contributed by atoms with Crippen LogP contribution >= 0.6 is 0 Å². The van der Waals surface area contributed by atoms with Crippen molar-refractivity contribution >= 4 is 10.8 Å². The summed E-state index contributed by atoms with van der Waals surface area (Å²) in [5.74, 6) is 0.373. The zero-order valence-electron chi connectivity index (χ0n) is 13.6. The molecule has 0 aromatic heterocycles. The molecular weight excluding hydrogens is 288 g/mol. The SMILES string of the molecule is c1ccc(CC(c2ccccc2)c2ccc3ccccc3c2)cc1. The summed E-state index contributed by atoms with van der Waals surface area (Å²) < 4.78 is 0. The van der Waals surface area contributed by atoms with E-state index in [1.807, 2.05) is 0 Å². The topological polar surface area (TPSA) is 0 Å². The molecule has 1 unspecified atom stereocenters. The first-order valence-corrected chi connectivity index (χ1v) is 8.48. The molecule has 24 heavy (non-hydrogen) atoms. The van der Waals surface area contributed by atoms with E-state index in [1.165, 1.54) is 27.5 Å². The quantitative estimate of drug-likeness (QED) is 0.420. The molecule has 0 aliphatic carbocycles. The average molecular weight is 308 g/mol. The van der Waals surface area contributed by atoms with E-state index in [0.29, 0.717) is 5.92 Å². The smallest absolute Gasteiger partial charge is 0.0130 e. The van der Waals surface area contributed by atoms with Gasteiger partial charge in [0.2, 0.25) is 0 Å². The van der Waals surface area contributed by atoms with Crippen molar-refractivity contribution in [2.24, 2.45) is 0 Å². The first-order valence-electron chi connectivity index (χ1n) is 8.48. The Morgan fingerprint density at radius 1 is 0.500 bits per heavy atom. The van der Waals surface area contributed by atoms with Crippen molar-refractivity contribution in [3.8, 4) is 0 Å². The average Bonchev–Trinajstić information content (AvgIpc) is 2.67. The standard InChI is InChI=1S/C24H20/c1-3-9-19(10-4-1)17-24(21-12-5-2-6-13-21)23-16-15-20-11-7-8-14-22(20)18-23/h1-16,18,24H,17H2. The number of rotatable bonds is 4. The van der Waals surface area contributed by atoms with Crippen molar-refractivity contribution in [2.45, 2.75) is 12.3 Å². The molecule has 4 rings (SSSR count). The van der Waals surface area contributed by atoms with Crippen molar-refractivity contribution in [1.29, 1.82) is 0 Å². The molecule has 0 N–H and O–H groups in total. The van der Waals surface area contributed by atoms with E-state index in [2.05, 4.69) is 103 Å². The second-order valence-corrected chi connectivity index (χ2v) is 6.26. The van der Waals surface area contributed by atoms with Crippen LogP contribution in [0.1, 0.15) is 22.6 Å². The van der Waals surface area contributed by atoms with Crippen LogP contribution in [-0.4, -0.2) is 0 Å². The molecule has 0 radical (unpaired) electrons. The van der Waals surface area contributed by atoms with Gasteiger partial charge in [0.25, 0.3) is 0 Å². The minimum Gasteiger partial charge on any atom is -0.0622 e. The van der Waals surface area contributed by atoms with E-state index in [1.54, 1.807) is 0 Å². The van der Waals surface area contributed by atoms with Gasteiger partial charge in [0.1, 0.15) is 0 Å². The number of hydrogen-bond acceptors (Lipinski definition) is 0. The highest BCUT2D eigenvalue weighted by Gasteiger charge is 2.15. The molecule has 0 saturated heterocycles. The van der Waals surface area contributed by atoms with Gasteiger partial charge in [-0.15, -0.1) is 0 Å². The molecule has 0 spiro atoms. The van der Waals surface area contributed by atoms with Crippen LogP contribution in [0.3, 0.4) is 0 Å². The van der Waals surface area contributed by atoms with E-state index < -0.39 is 0 Å². The van der Waals surface area contributed by atoms with Gasteiger partial charge in [-0.3, -0.25) is 0 Å². The summed E-state index contributed by atoms with van der Waals surface area (Å²) in [5, 5.41) is 2.61. The van der Waals surface area contributed by atoms with Crippen LogP contribution in [0.5, 0.6) is 0 Å². The highest BCUT2D eigenvalue weighted by atomic mass is 14.2. The zero-order valence-corrected chi connectivity index (χ0v) is 13.6. The number of fused-ring (bicyclic) bond motifs is 1. The monoisotopic (exact) mass is 308 g/mol. The molecule has 0 bridgehead atoms. The Bertz CT molecular complexity index is 923. The van der Waals surface area contributed by atoms with E-state index in [4.69, 9.17) is 0 Å². The molecule has 0 fully saturated rings. The highest BCUT2D eigenvalue weighted by molar-refractivity contribution is 5.83. The zero-order chi connectivity index (χ0) is 16.2. The van der Waals surface area contributed by atoms with Crippen molar-refractivity contribution in [3.63, 3.8) is 0 Å². The summed E-state index contributed by atoms with van der Waals surface area (Å²) in [7, 11) is 0. The van der Waals surface area contributed by atoms with E-state index in [-0.39, 0.29) is 0 Å². The maximum Gasteiger partial charge on any atom is 0.0130 e. The molecular formula is C24H20. The van der Waals surface area contributed by atoms with E-state index in [0.717, 1.165) is 6.42 Å². The fraction of sp³-hybridized carbons (Fsp3) is 0.0833. The first-order chi connectivity index (χ1) is 11.9. The molecule has 0 aliphatic rings. The van der Waals surface area contributed by atoms with Crippen LogP contribution in [0.2, 0.25) is 0 Å². The van der Waals surface area contributed by atoms with Gasteiger partial charge < -0.3 is 0 Å². The molecule has 4 aromatic carbocycles. The first kappa shape index (κ1) is 14.7. The van der Waals surface area contributed by atoms with Crippen LogP contribution in [0.4, 0.5) is 0 Å². The predicted molar refractivity (Wildman–Crippen MR) is 102 cm³/mol. The fourth-order valence-corrected chi connectivity index (χ4v) is 3.39. The Labute approximate surface area is 143 Å². The molecule has 0 heterocycles. The molecule has 4 aromatic rings. The van der Waals surface area contributed by atoms with Crippen LogP contribution in [0, 0.1) is 0 Å². The highest BCUT2D eigenvalue weighted by Crippen LogP contribution is 2.30. The maximum atomic E-state index is 2.34. The van der Waals surface area contributed by atoms with Gasteiger partial charge in [-0.1, -0.05) is 103 Å². The molecule has 116 valence electrons. The molecule has 0 saturated carbocycles. The van der Waals surface area contributed by atoms with Gasteiger partial charge in [0.05, 0.1) is 0 Å². The lowest BCUT2D eigenvalue weighted by molar-refractivity contribution is 0.806. The van der Waals surface area contributed by atoms with Gasteiger partial charge in [0.15, 0.2) is 0 Å². The summed E-state index contributed by atoms with van der Waals surface area (Å²) in [4.78, 5) is 0. The number of benzene rings is 4. The Morgan fingerprint density at radius 2 is 1.12 bits per heavy atom. The van der Waals surface area contributed by atoms with Gasteiger partial charge in [-0.2, -0.15) is 0 Å². The molecule has 1 atom stereocenters. The van der Waals surface area contributed by atoms with Crippen molar-refractivity contribution in [2.75, 3.05) is 0 Å². The minimum absolute atomic E-state index is 0.373. The van der Waals surface area contributed by atoms with Crippen molar-refractivity contribution in [3.05, 3.63) is 120 Å². The van der Waals surface area contributed by atoms with E-state index >= 15 is 0 Å². The summed E-state index contributed by atoms with van der Waals surface area (Å²) in [6.45, 7) is 0. The normalized spacial score (nSPS) is 12.2. The van der Waals surface area contributed by atoms with Crippen molar-refractivity contribution in [1.82, 2.24) is 0 Å². The Balaban J connectivity index is 1.78. The lowest BCUT2D eigenvalue weighted by Crippen LogP contribution is -2.05. The van der Waals surface area contributed by atoms with Gasteiger partial charge in [0, 0.05) is 5.92 Å². The van der Waals surface area contributed by atoms with Crippen molar-refractivity contribution < 1.29 is 0 Å². The second-order valence-electron chi connectivity index (χ2n) is 6.26. The Kier molecular flexibility index (Phi) is 4.12. The second kappa shape index (κ2) is 6.72. The summed E-state index contributed by atoms with van der Waals surface area (Å²) in [6.07, 6.45) is 1.02. The fourth-order valence-electron chi connectivity index (χ4n) is 3.39. The molecule has 0 amide bonds. The van der Waals surface area contributed by atoms with Crippen LogP contribution in [0.25, 0.3) is 10.8 Å². The minimum atomic E-state index is 0.373. The van der Waals surface area contributed by atoms with Crippen LogP contribution < -0.4 is 0 Å². The molecule has 0 aliphatic heterocycles.